The lowest BCUT2D eigenvalue weighted by Crippen LogP contribution is -2.18. The molecule has 19 heavy (non-hydrogen) atoms. The van der Waals surface area contributed by atoms with Gasteiger partial charge in [0.2, 0.25) is 0 Å². The van der Waals surface area contributed by atoms with Crippen LogP contribution in [0.3, 0.4) is 0 Å². The smallest absolute Gasteiger partial charge is 0.190 e. The molecule has 0 radical (unpaired) electrons. The van der Waals surface area contributed by atoms with Crippen molar-refractivity contribution in [2.75, 3.05) is 11.6 Å². The van der Waals surface area contributed by atoms with Crippen LogP contribution in [0.25, 0.3) is 0 Å². The van der Waals surface area contributed by atoms with Gasteiger partial charge in [-0.2, -0.15) is 0 Å². The fourth-order valence-electron chi connectivity index (χ4n) is 1.76. The van der Waals surface area contributed by atoms with Crippen LogP contribution in [-0.2, 0) is 6.42 Å². The summed E-state index contributed by atoms with van der Waals surface area (Å²) in [5.74, 6) is 0.783. The van der Waals surface area contributed by atoms with Gasteiger partial charge in [-0.15, -0.1) is 11.3 Å². The van der Waals surface area contributed by atoms with Crippen LogP contribution in [0.2, 0.25) is 5.15 Å². The minimum Gasteiger partial charge on any atom is -0.367 e. The van der Waals surface area contributed by atoms with E-state index in [-0.39, 0.29) is 0 Å². The Hall–Kier alpha value is -0.780. The highest BCUT2D eigenvalue weighted by molar-refractivity contribution is 7.98. The Bertz CT molecular complexity index is 557. The third-order valence-electron chi connectivity index (χ3n) is 2.55. The Morgan fingerprint density at radius 2 is 2.21 bits per heavy atom. The molecular weight excluding hydrogens is 298 g/mol. The second-order valence-corrected chi connectivity index (χ2v) is 6.86. The summed E-state index contributed by atoms with van der Waals surface area (Å²) in [6.07, 6.45) is 2.92. The van der Waals surface area contributed by atoms with Crippen LogP contribution in [0.5, 0.6) is 0 Å². The second kappa shape index (κ2) is 6.59. The molecule has 0 spiro atoms. The van der Waals surface area contributed by atoms with Gasteiger partial charge in [-0.3, -0.25) is 0 Å². The molecule has 0 aliphatic carbocycles. The molecule has 0 fully saturated rings. The molecule has 0 aliphatic rings. The minimum atomic E-state index is 0.304. The van der Waals surface area contributed by atoms with Crippen LogP contribution in [0.4, 0.5) is 5.82 Å². The zero-order valence-electron chi connectivity index (χ0n) is 11.1. The second-order valence-electron chi connectivity index (χ2n) is 4.32. The van der Waals surface area contributed by atoms with Gasteiger partial charge in [0, 0.05) is 28.3 Å². The maximum atomic E-state index is 5.97. The van der Waals surface area contributed by atoms with Crippen LogP contribution >= 0.6 is 34.7 Å². The van der Waals surface area contributed by atoms with E-state index in [1.54, 1.807) is 6.07 Å². The normalized spacial score (nSPS) is 12.4. The number of anilines is 1. The van der Waals surface area contributed by atoms with E-state index < -0.39 is 0 Å². The van der Waals surface area contributed by atoms with Gasteiger partial charge in [-0.05, 0) is 32.2 Å². The zero-order chi connectivity index (χ0) is 13.8. The third-order valence-corrected chi connectivity index (χ3v) is 4.32. The predicted octanol–water partition coefficient (Wildman–Crippen LogP) is 4.26. The molecule has 1 atom stereocenters. The molecule has 0 aromatic carbocycles. The monoisotopic (exact) mass is 313 g/mol. The summed E-state index contributed by atoms with van der Waals surface area (Å²) in [5, 5.41) is 4.54. The van der Waals surface area contributed by atoms with E-state index in [4.69, 9.17) is 11.6 Å². The number of thioether (sulfide) groups is 1. The van der Waals surface area contributed by atoms with Gasteiger partial charge < -0.3 is 5.32 Å². The molecule has 1 N–H and O–H groups in total. The number of halogens is 1. The average Bonchev–Trinajstić information content (AvgIpc) is 2.73. The lowest BCUT2D eigenvalue weighted by molar-refractivity contribution is 0.787. The maximum absolute atomic E-state index is 5.97. The molecule has 6 heteroatoms. The maximum Gasteiger partial charge on any atom is 0.190 e. The Morgan fingerprint density at radius 3 is 2.84 bits per heavy atom. The first-order valence-electron chi connectivity index (χ1n) is 5.97. The number of nitrogens with zero attached hydrogens (tertiary/aromatic N) is 2. The Balaban J connectivity index is 2.02. The highest BCUT2D eigenvalue weighted by Gasteiger charge is 2.08. The molecule has 102 valence electrons. The van der Waals surface area contributed by atoms with Gasteiger partial charge in [0.1, 0.15) is 11.0 Å². The lowest BCUT2D eigenvalue weighted by atomic mass is 10.2. The van der Waals surface area contributed by atoms with Crippen molar-refractivity contribution in [3.63, 3.8) is 0 Å². The molecule has 2 heterocycles. The van der Waals surface area contributed by atoms with Crippen LogP contribution in [0.1, 0.15) is 16.7 Å². The molecule has 2 aromatic rings. The SMILES string of the molecule is CSc1nc(Cl)cc(NC(C)Cc2ccc(C)s2)n1. The third kappa shape index (κ3) is 4.37. The number of rotatable bonds is 5. The highest BCUT2D eigenvalue weighted by Crippen LogP contribution is 2.20. The number of hydrogen-bond acceptors (Lipinski definition) is 5. The summed E-state index contributed by atoms with van der Waals surface area (Å²) < 4.78 is 0. The minimum absolute atomic E-state index is 0.304. The topological polar surface area (TPSA) is 37.8 Å². The number of hydrogen-bond donors (Lipinski definition) is 1. The molecule has 0 amide bonds. The summed E-state index contributed by atoms with van der Waals surface area (Å²) in [6.45, 7) is 4.27. The number of nitrogens with one attached hydrogen (secondary N) is 1. The lowest BCUT2D eigenvalue weighted by Gasteiger charge is -2.14. The summed E-state index contributed by atoms with van der Waals surface area (Å²) in [4.78, 5) is 11.2. The molecule has 0 saturated heterocycles. The predicted molar refractivity (Wildman–Crippen MR) is 84.7 cm³/mol. The van der Waals surface area contributed by atoms with Crippen molar-refractivity contribution < 1.29 is 0 Å². The largest absolute Gasteiger partial charge is 0.367 e. The Labute approximate surface area is 126 Å². The van der Waals surface area contributed by atoms with Gasteiger partial charge >= 0.3 is 0 Å². The molecule has 1 unspecified atom stereocenters. The molecule has 0 bridgehead atoms. The van der Waals surface area contributed by atoms with E-state index in [1.165, 1.54) is 21.5 Å². The standard InChI is InChI=1S/C13H16ClN3S2/c1-8(6-10-5-4-9(2)19-10)15-12-7-11(14)16-13(17-12)18-3/h4-5,7-8H,6H2,1-3H3,(H,15,16,17). The van der Waals surface area contributed by atoms with E-state index in [0.717, 1.165) is 12.2 Å². The van der Waals surface area contributed by atoms with Gasteiger partial charge in [-0.1, -0.05) is 23.4 Å². The fourth-order valence-corrected chi connectivity index (χ4v) is 3.39. The van der Waals surface area contributed by atoms with Gasteiger partial charge in [0.15, 0.2) is 5.16 Å². The summed E-state index contributed by atoms with van der Waals surface area (Å²) in [5.41, 5.74) is 0. The molecular formula is C13H16ClN3S2. The Kier molecular flexibility index (Phi) is 5.07. The van der Waals surface area contributed by atoms with Crippen molar-refractivity contribution >= 4 is 40.5 Å². The number of aromatic nitrogens is 2. The average molecular weight is 314 g/mol. The van der Waals surface area contributed by atoms with Crippen molar-refractivity contribution in [2.24, 2.45) is 0 Å². The first-order chi connectivity index (χ1) is 9.06. The first kappa shape index (κ1) is 14.6. The van der Waals surface area contributed by atoms with Crippen molar-refractivity contribution in [3.8, 4) is 0 Å². The molecule has 2 rings (SSSR count). The number of thiophene rings is 1. The van der Waals surface area contributed by atoms with Crippen LogP contribution in [-0.4, -0.2) is 22.3 Å². The molecule has 0 aliphatic heterocycles. The van der Waals surface area contributed by atoms with Crippen LogP contribution in [0.15, 0.2) is 23.4 Å². The van der Waals surface area contributed by atoms with E-state index in [1.807, 2.05) is 17.6 Å². The van der Waals surface area contributed by atoms with Gasteiger partial charge in [-0.25, -0.2) is 9.97 Å². The van der Waals surface area contributed by atoms with E-state index in [2.05, 4.69) is 41.3 Å². The van der Waals surface area contributed by atoms with Crippen molar-refractivity contribution in [1.29, 1.82) is 0 Å². The van der Waals surface area contributed by atoms with Crippen molar-refractivity contribution in [3.05, 3.63) is 33.1 Å². The van der Waals surface area contributed by atoms with E-state index in [0.29, 0.717) is 16.4 Å². The highest BCUT2D eigenvalue weighted by atomic mass is 35.5. The van der Waals surface area contributed by atoms with Crippen molar-refractivity contribution in [1.82, 2.24) is 9.97 Å². The fraction of sp³-hybridized carbons (Fsp3) is 0.385. The summed E-state index contributed by atoms with van der Waals surface area (Å²) in [7, 11) is 0. The van der Waals surface area contributed by atoms with Gasteiger partial charge in [0.25, 0.3) is 0 Å². The quantitative estimate of drug-likeness (QED) is 0.508. The van der Waals surface area contributed by atoms with Crippen LogP contribution in [0, 0.1) is 6.92 Å². The molecule has 2 aromatic heterocycles. The number of aryl methyl sites for hydroxylation is 1. The summed E-state index contributed by atoms with van der Waals surface area (Å²) in [6, 6.07) is 6.40. The van der Waals surface area contributed by atoms with Crippen molar-refractivity contribution in [2.45, 2.75) is 31.5 Å². The molecule has 0 saturated carbocycles. The van der Waals surface area contributed by atoms with Crippen LogP contribution < -0.4 is 5.32 Å². The van der Waals surface area contributed by atoms with Gasteiger partial charge in [0.05, 0.1) is 0 Å². The first-order valence-corrected chi connectivity index (χ1v) is 8.39. The Morgan fingerprint density at radius 1 is 1.42 bits per heavy atom. The zero-order valence-corrected chi connectivity index (χ0v) is 13.5. The van der Waals surface area contributed by atoms with E-state index in [9.17, 15) is 0 Å². The van der Waals surface area contributed by atoms with E-state index >= 15 is 0 Å². The summed E-state index contributed by atoms with van der Waals surface area (Å²) >= 11 is 9.29. The molecule has 3 nitrogen and oxygen atoms in total.